The monoisotopic (exact) mass is 238 g/mol. The molecular weight excluding hydrogens is 216 g/mol. The van der Waals surface area contributed by atoms with E-state index in [2.05, 4.69) is 10.2 Å². The third-order valence-electron chi connectivity index (χ3n) is 4.65. The lowest BCUT2D eigenvalue weighted by Gasteiger charge is -2.44. The normalized spacial score (nSPS) is 29.6. The molecule has 1 spiro atoms. The predicted molar refractivity (Wildman–Crippen MR) is 64.9 cm³/mol. The van der Waals surface area contributed by atoms with Crippen molar-refractivity contribution < 1.29 is 9.53 Å². The van der Waals surface area contributed by atoms with Crippen LogP contribution in [0.2, 0.25) is 0 Å². The van der Waals surface area contributed by atoms with E-state index in [9.17, 15) is 4.79 Å². The van der Waals surface area contributed by atoms with Gasteiger partial charge in [0.1, 0.15) is 6.61 Å². The number of nitrogens with zero attached hydrogens (tertiary/aromatic N) is 1. The maximum absolute atomic E-state index is 12.0. The summed E-state index contributed by atoms with van der Waals surface area (Å²) in [5.74, 6) is 0. The molecule has 0 unspecified atom stereocenters. The van der Waals surface area contributed by atoms with Crippen molar-refractivity contribution >= 4 is 6.09 Å². The van der Waals surface area contributed by atoms with Crippen LogP contribution in [0.3, 0.4) is 0 Å². The van der Waals surface area contributed by atoms with Crippen LogP contribution in [0.1, 0.15) is 44.9 Å². The fourth-order valence-corrected chi connectivity index (χ4v) is 3.68. The van der Waals surface area contributed by atoms with Gasteiger partial charge in [-0.3, -0.25) is 4.90 Å². The van der Waals surface area contributed by atoms with Crippen LogP contribution in [0.4, 0.5) is 4.79 Å². The zero-order valence-corrected chi connectivity index (χ0v) is 10.4. The summed E-state index contributed by atoms with van der Waals surface area (Å²) in [5.41, 5.74) is 0.0182. The highest BCUT2D eigenvalue weighted by atomic mass is 16.6. The third-order valence-corrected chi connectivity index (χ3v) is 4.65. The largest absolute Gasteiger partial charge is 0.447 e. The smallest absolute Gasteiger partial charge is 0.410 e. The van der Waals surface area contributed by atoms with Crippen LogP contribution in [0, 0.1) is 0 Å². The summed E-state index contributed by atoms with van der Waals surface area (Å²) in [6.07, 6.45) is 8.25. The summed E-state index contributed by atoms with van der Waals surface area (Å²) in [6, 6.07) is 0.442. The molecule has 1 aliphatic carbocycles. The molecule has 2 saturated heterocycles. The molecular formula is C13H22N2O2. The molecule has 0 aromatic heterocycles. The number of cyclic esters (lactones) is 1. The van der Waals surface area contributed by atoms with Crippen LogP contribution >= 0.6 is 0 Å². The van der Waals surface area contributed by atoms with E-state index in [-0.39, 0.29) is 11.6 Å². The number of hydrogen-bond acceptors (Lipinski definition) is 3. The standard InChI is InChI=1S/C13H22N2O2/c16-12-15(11-4-2-1-3-5-11)13(10-17-12)6-8-14-9-7-13/h11,14H,1-10H2. The lowest BCUT2D eigenvalue weighted by atomic mass is 9.84. The molecule has 3 aliphatic rings. The van der Waals surface area contributed by atoms with Gasteiger partial charge in [0.2, 0.25) is 0 Å². The van der Waals surface area contributed by atoms with E-state index >= 15 is 0 Å². The van der Waals surface area contributed by atoms with Crippen LogP contribution < -0.4 is 5.32 Å². The SMILES string of the molecule is O=C1OCC2(CCNCC2)N1C1CCCCC1. The van der Waals surface area contributed by atoms with Crippen molar-refractivity contribution in [2.75, 3.05) is 19.7 Å². The minimum absolute atomic E-state index is 0.0182. The number of carbonyl (C=O) groups excluding carboxylic acids is 1. The Morgan fingerprint density at radius 2 is 1.88 bits per heavy atom. The van der Waals surface area contributed by atoms with Crippen LogP contribution in [0.5, 0.6) is 0 Å². The highest BCUT2D eigenvalue weighted by molar-refractivity contribution is 5.71. The van der Waals surface area contributed by atoms with E-state index in [1.54, 1.807) is 0 Å². The molecule has 1 saturated carbocycles. The van der Waals surface area contributed by atoms with Crippen molar-refractivity contribution in [2.45, 2.75) is 56.5 Å². The summed E-state index contributed by atoms with van der Waals surface area (Å²) in [5, 5.41) is 3.38. The molecule has 2 aliphatic heterocycles. The Hall–Kier alpha value is -0.770. The Morgan fingerprint density at radius 1 is 1.18 bits per heavy atom. The zero-order valence-electron chi connectivity index (χ0n) is 10.4. The van der Waals surface area contributed by atoms with Crippen molar-refractivity contribution in [2.24, 2.45) is 0 Å². The molecule has 4 heteroatoms. The van der Waals surface area contributed by atoms with Gasteiger partial charge in [-0.1, -0.05) is 19.3 Å². The number of carbonyl (C=O) groups is 1. The summed E-state index contributed by atoms with van der Waals surface area (Å²) < 4.78 is 5.37. The first-order valence-corrected chi connectivity index (χ1v) is 6.99. The van der Waals surface area contributed by atoms with E-state index in [4.69, 9.17) is 4.74 Å². The maximum atomic E-state index is 12.0. The molecule has 0 radical (unpaired) electrons. The molecule has 1 N–H and O–H groups in total. The molecule has 0 aromatic carbocycles. The molecule has 3 fully saturated rings. The average Bonchev–Trinajstić information content (AvgIpc) is 2.68. The summed E-state index contributed by atoms with van der Waals surface area (Å²) in [6.45, 7) is 2.64. The summed E-state index contributed by atoms with van der Waals surface area (Å²) >= 11 is 0. The maximum Gasteiger partial charge on any atom is 0.410 e. The van der Waals surface area contributed by atoms with Gasteiger partial charge < -0.3 is 10.1 Å². The van der Waals surface area contributed by atoms with Gasteiger partial charge in [-0.05, 0) is 38.8 Å². The van der Waals surface area contributed by atoms with Crippen LogP contribution in [0.15, 0.2) is 0 Å². The van der Waals surface area contributed by atoms with Gasteiger partial charge in [0.05, 0.1) is 5.54 Å². The van der Waals surface area contributed by atoms with Gasteiger partial charge in [0, 0.05) is 6.04 Å². The number of piperidine rings is 1. The first-order chi connectivity index (χ1) is 8.32. The first-order valence-electron chi connectivity index (χ1n) is 6.99. The number of hydrogen-bond donors (Lipinski definition) is 1. The minimum atomic E-state index is -0.0567. The van der Waals surface area contributed by atoms with E-state index in [0.29, 0.717) is 12.6 Å². The Balaban J connectivity index is 1.80. The Morgan fingerprint density at radius 3 is 2.59 bits per heavy atom. The van der Waals surface area contributed by atoms with Crippen LogP contribution in [-0.2, 0) is 4.74 Å². The number of rotatable bonds is 1. The Labute approximate surface area is 103 Å². The highest BCUT2D eigenvalue weighted by Gasteiger charge is 2.50. The van der Waals surface area contributed by atoms with Gasteiger partial charge in [-0.2, -0.15) is 0 Å². The van der Waals surface area contributed by atoms with Crippen molar-refractivity contribution in [1.82, 2.24) is 10.2 Å². The third kappa shape index (κ3) is 1.92. The topological polar surface area (TPSA) is 41.6 Å². The summed E-state index contributed by atoms with van der Waals surface area (Å²) in [7, 11) is 0. The lowest BCUT2D eigenvalue weighted by molar-refractivity contribution is 0.0725. The van der Waals surface area contributed by atoms with Gasteiger partial charge in [0.25, 0.3) is 0 Å². The fraction of sp³-hybridized carbons (Fsp3) is 0.923. The number of nitrogens with one attached hydrogen (secondary N) is 1. The van der Waals surface area contributed by atoms with E-state index < -0.39 is 0 Å². The second-order valence-corrected chi connectivity index (χ2v) is 5.69. The first kappa shape index (κ1) is 11.3. The van der Waals surface area contributed by atoms with Crippen LogP contribution in [0.25, 0.3) is 0 Å². The molecule has 0 atom stereocenters. The number of amides is 1. The quantitative estimate of drug-likeness (QED) is 0.758. The van der Waals surface area contributed by atoms with Crippen molar-refractivity contribution in [1.29, 1.82) is 0 Å². The van der Waals surface area contributed by atoms with E-state index in [0.717, 1.165) is 25.9 Å². The fourth-order valence-electron chi connectivity index (χ4n) is 3.68. The van der Waals surface area contributed by atoms with Gasteiger partial charge >= 0.3 is 6.09 Å². The molecule has 0 bridgehead atoms. The van der Waals surface area contributed by atoms with Crippen LogP contribution in [-0.4, -0.2) is 42.3 Å². The number of ether oxygens (including phenoxy) is 1. The molecule has 17 heavy (non-hydrogen) atoms. The van der Waals surface area contributed by atoms with Gasteiger partial charge in [-0.15, -0.1) is 0 Å². The van der Waals surface area contributed by atoms with E-state index in [1.165, 1.54) is 32.1 Å². The van der Waals surface area contributed by atoms with Crippen molar-refractivity contribution in [3.05, 3.63) is 0 Å². The van der Waals surface area contributed by atoms with Gasteiger partial charge in [0.15, 0.2) is 0 Å². The molecule has 0 aromatic rings. The highest BCUT2D eigenvalue weighted by Crippen LogP contribution is 2.38. The average molecular weight is 238 g/mol. The molecule has 1 amide bonds. The second kappa shape index (κ2) is 4.48. The zero-order chi connectivity index (χ0) is 11.7. The minimum Gasteiger partial charge on any atom is -0.447 e. The molecule has 2 heterocycles. The van der Waals surface area contributed by atoms with E-state index in [1.807, 2.05) is 0 Å². The lowest BCUT2D eigenvalue weighted by Crippen LogP contribution is -2.57. The summed E-state index contributed by atoms with van der Waals surface area (Å²) in [4.78, 5) is 14.1. The predicted octanol–water partition coefficient (Wildman–Crippen LogP) is 1.89. The molecule has 96 valence electrons. The van der Waals surface area contributed by atoms with Gasteiger partial charge in [-0.25, -0.2) is 4.79 Å². The second-order valence-electron chi connectivity index (χ2n) is 5.69. The Bertz CT molecular complexity index is 294. The molecule has 3 rings (SSSR count). The van der Waals surface area contributed by atoms with Crippen molar-refractivity contribution in [3.63, 3.8) is 0 Å². The molecule has 4 nitrogen and oxygen atoms in total. The van der Waals surface area contributed by atoms with Crippen molar-refractivity contribution in [3.8, 4) is 0 Å². The Kier molecular flexibility index (Phi) is 2.99.